The second-order valence-corrected chi connectivity index (χ2v) is 4.51. The number of benzene rings is 1. The molecule has 1 aromatic carbocycles. The van der Waals surface area contributed by atoms with Gasteiger partial charge in [0.25, 0.3) is 11.8 Å². The van der Waals surface area contributed by atoms with Gasteiger partial charge in [0.2, 0.25) is 0 Å². The van der Waals surface area contributed by atoms with Gasteiger partial charge >= 0.3 is 0 Å². The maximum atomic E-state index is 11.7. The van der Waals surface area contributed by atoms with Crippen molar-refractivity contribution in [3.63, 3.8) is 0 Å². The highest BCUT2D eigenvalue weighted by atomic mass is 16.2. The number of imide groups is 1. The zero-order valence-electron chi connectivity index (χ0n) is 10.5. The number of carbonyl (C=O) groups excluding carboxylic acids is 2. The standard InChI is InChI=1S/C14H15NO2/c1-7-5-8(2)10(4)13(9(7)3)11-6-12(16)15-14(11)17/h5-6H,1-4H3,(H,15,16,17). The van der Waals surface area contributed by atoms with Crippen LogP contribution in [0, 0.1) is 27.7 Å². The number of hydrogen-bond acceptors (Lipinski definition) is 2. The predicted octanol–water partition coefficient (Wildman–Crippen LogP) is 1.96. The second-order valence-electron chi connectivity index (χ2n) is 4.51. The van der Waals surface area contributed by atoms with Gasteiger partial charge in [-0.3, -0.25) is 14.9 Å². The molecule has 0 bridgehead atoms. The highest BCUT2D eigenvalue weighted by Crippen LogP contribution is 2.29. The van der Waals surface area contributed by atoms with Gasteiger partial charge in [0.05, 0.1) is 5.57 Å². The van der Waals surface area contributed by atoms with Gasteiger partial charge in [-0.2, -0.15) is 0 Å². The molecule has 1 aliphatic rings. The zero-order chi connectivity index (χ0) is 12.7. The molecular weight excluding hydrogens is 214 g/mol. The van der Waals surface area contributed by atoms with Gasteiger partial charge in [-0.1, -0.05) is 6.07 Å². The molecule has 0 aromatic heterocycles. The molecule has 2 rings (SSSR count). The van der Waals surface area contributed by atoms with Gasteiger partial charge in [-0.15, -0.1) is 0 Å². The van der Waals surface area contributed by atoms with Crippen LogP contribution in [-0.4, -0.2) is 11.8 Å². The third-order valence-corrected chi connectivity index (χ3v) is 3.39. The van der Waals surface area contributed by atoms with Crippen LogP contribution in [0.3, 0.4) is 0 Å². The lowest BCUT2D eigenvalue weighted by atomic mass is 9.89. The number of nitrogens with one attached hydrogen (secondary N) is 1. The summed E-state index contributed by atoms with van der Waals surface area (Å²) >= 11 is 0. The lowest BCUT2D eigenvalue weighted by Crippen LogP contribution is -2.22. The van der Waals surface area contributed by atoms with E-state index in [0.717, 1.165) is 27.8 Å². The van der Waals surface area contributed by atoms with Gasteiger partial charge in [0.15, 0.2) is 0 Å². The fourth-order valence-corrected chi connectivity index (χ4v) is 2.22. The van der Waals surface area contributed by atoms with E-state index >= 15 is 0 Å². The molecule has 1 N–H and O–H groups in total. The summed E-state index contributed by atoms with van der Waals surface area (Å²) in [6.45, 7) is 7.99. The molecular formula is C14H15NO2. The van der Waals surface area contributed by atoms with E-state index in [0.29, 0.717) is 5.57 Å². The number of hydrogen-bond donors (Lipinski definition) is 1. The second kappa shape index (κ2) is 3.84. The van der Waals surface area contributed by atoms with Crippen molar-refractivity contribution in [2.75, 3.05) is 0 Å². The molecule has 2 amide bonds. The van der Waals surface area contributed by atoms with Crippen molar-refractivity contribution < 1.29 is 9.59 Å². The zero-order valence-corrected chi connectivity index (χ0v) is 10.5. The van der Waals surface area contributed by atoms with E-state index in [9.17, 15) is 9.59 Å². The molecule has 88 valence electrons. The van der Waals surface area contributed by atoms with Crippen LogP contribution >= 0.6 is 0 Å². The Balaban J connectivity index is 2.72. The van der Waals surface area contributed by atoms with Crippen LogP contribution in [0.5, 0.6) is 0 Å². The monoisotopic (exact) mass is 229 g/mol. The number of amides is 2. The Kier molecular flexibility index (Phi) is 2.62. The summed E-state index contributed by atoms with van der Waals surface area (Å²) in [4.78, 5) is 22.9. The SMILES string of the molecule is Cc1cc(C)c(C)c(C2=CC(=O)NC2=O)c1C. The van der Waals surface area contributed by atoms with Gasteiger partial charge in [-0.25, -0.2) is 0 Å². The van der Waals surface area contributed by atoms with Gasteiger partial charge in [0, 0.05) is 6.08 Å². The lowest BCUT2D eigenvalue weighted by Gasteiger charge is -2.14. The Morgan fingerprint density at radius 2 is 1.47 bits per heavy atom. The molecule has 0 saturated heterocycles. The predicted molar refractivity (Wildman–Crippen MR) is 66.5 cm³/mol. The van der Waals surface area contributed by atoms with E-state index in [1.165, 1.54) is 6.08 Å². The Morgan fingerprint density at radius 1 is 0.941 bits per heavy atom. The van der Waals surface area contributed by atoms with Crippen molar-refractivity contribution in [1.82, 2.24) is 5.32 Å². The summed E-state index contributed by atoms with van der Waals surface area (Å²) in [5.41, 5.74) is 5.77. The third kappa shape index (κ3) is 1.78. The van der Waals surface area contributed by atoms with E-state index in [1.807, 2.05) is 27.7 Å². The smallest absolute Gasteiger partial charge is 0.258 e. The van der Waals surface area contributed by atoms with Crippen LogP contribution < -0.4 is 5.32 Å². The molecule has 1 heterocycles. The molecule has 1 aromatic rings. The molecule has 1 aliphatic heterocycles. The molecule has 0 saturated carbocycles. The van der Waals surface area contributed by atoms with Crippen LogP contribution in [0.1, 0.15) is 27.8 Å². The maximum Gasteiger partial charge on any atom is 0.258 e. The van der Waals surface area contributed by atoms with E-state index < -0.39 is 0 Å². The quantitative estimate of drug-likeness (QED) is 0.748. The topological polar surface area (TPSA) is 46.2 Å². The van der Waals surface area contributed by atoms with E-state index in [-0.39, 0.29) is 11.8 Å². The third-order valence-electron chi connectivity index (χ3n) is 3.39. The Labute approximate surface area is 101 Å². The fourth-order valence-electron chi connectivity index (χ4n) is 2.22. The van der Waals surface area contributed by atoms with Crippen molar-refractivity contribution in [3.8, 4) is 0 Å². The van der Waals surface area contributed by atoms with Crippen molar-refractivity contribution >= 4 is 17.4 Å². The Bertz CT molecular complexity index is 542. The first-order chi connectivity index (χ1) is 7.91. The minimum absolute atomic E-state index is 0.300. The van der Waals surface area contributed by atoms with Crippen LogP contribution in [-0.2, 0) is 9.59 Å². The van der Waals surface area contributed by atoms with E-state index in [2.05, 4.69) is 11.4 Å². The number of aryl methyl sites for hydroxylation is 2. The summed E-state index contributed by atoms with van der Waals surface area (Å²) in [5, 5.41) is 2.29. The summed E-state index contributed by atoms with van der Waals surface area (Å²) < 4.78 is 0. The minimum Gasteiger partial charge on any atom is -0.289 e. The van der Waals surface area contributed by atoms with Crippen molar-refractivity contribution in [2.24, 2.45) is 0 Å². The molecule has 0 radical (unpaired) electrons. The van der Waals surface area contributed by atoms with Crippen LogP contribution in [0.25, 0.3) is 5.57 Å². The van der Waals surface area contributed by atoms with Gasteiger partial charge in [-0.05, 0) is 55.5 Å². The molecule has 3 heteroatoms. The maximum absolute atomic E-state index is 11.7. The average molecular weight is 229 g/mol. The summed E-state index contributed by atoms with van der Waals surface area (Å²) in [6.07, 6.45) is 1.39. The normalized spacial score (nSPS) is 14.9. The van der Waals surface area contributed by atoms with E-state index in [4.69, 9.17) is 0 Å². The summed E-state index contributed by atoms with van der Waals surface area (Å²) in [5.74, 6) is -0.630. The molecule has 3 nitrogen and oxygen atoms in total. The number of rotatable bonds is 1. The highest BCUT2D eigenvalue weighted by molar-refractivity contribution is 6.34. The fraction of sp³-hybridized carbons (Fsp3) is 0.286. The van der Waals surface area contributed by atoms with Crippen LogP contribution in [0.4, 0.5) is 0 Å². The molecule has 0 unspecified atom stereocenters. The Hall–Kier alpha value is -1.90. The lowest BCUT2D eigenvalue weighted by molar-refractivity contribution is -0.123. The first-order valence-corrected chi connectivity index (χ1v) is 5.56. The molecule has 0 aliphatic carbocycles. The summed E-state index contributed by atoms with van der Waals surface area (Å²) in [6, 6.07) is 2.10. The first kappa shape index (κ1) is 11.6. The van der Waals surface area contributed by atoms with Crippen LogP contribution in [0.2, 0.25) is 0 Å². The molecule has 0 atom stereocenters. The first-order valence-electron chi connectivity index (χ1n) is 5.56. The van der Waals surface area contributed by atoms with Gasteiger partial charge in [0.1, 0.15) is 0 Å². The van der Waals surface area contributed by atoms with E-state index in [1.54, 1.807) is 0 Å². The van der Waals surface area contributed by atoms with Crippen molar-refractivity contribution in [1.29, 1.82) is 0 Å². The minimum atomic E-state index is -0.331. The van der Waals surface area contributed by atoms with Gasteiger partial charge < -0.3 is 0 Å². The Morgan fingerprint density at radius 3 is 1.88 bits per heavy atom. The van der Waals surface area contributed by atoms with Crippen LogP contribution in [0.15, 0.2) is 12.1 Å². The largest absolute Gasteiger partial charge is 0.289 e. The van der Waals surface area contributed by atoms with Crippen molar-refractivity contribution in [2.45, 2.75) is 27.7 Å². The van der Waals surface area contributed by atoms with Crippen molar-refractivity contribution in [3.05, 3.63) is 40.0 Å². The molecule has 0 spiro atoms. The summed E-state index contributed by atoms with van der Waals surface area (Å²) in [7, 11) is 0. The highest BCUT2D eigenvalue weighted by Gasteiger charge is 2.25. The average Bonchev–Trinajstić information content (AvgIpc) is 2.56. The number of carbonyl (C=O) groups is 2. The molecule has 17 heavy (non-hydrogen) atoms. The molecule has 0 fully saturated rings.